The van der Waals surface area contributed by atoms with Gasteiger partial charge in [-0.2, -0.15) is 0 Å². The van der Waals surface area contributed by atoms with Gasteiger partial charge in [-0.05, 0) is 58.0 Å². The number of piperidine rings is 1. The lowest BCUT2D eigenvalue weighted by Gasteiger charge is -2.39. The van der Waals surface area contributed by atoms with Crippen LogP contribution < -0.4 is 5.56 Å². The van der Waals surface area contributed by atoms with Crippen LogP contribution in [0.25, 0.3) is 10.9 Å². The van der Waals surface area contributed by atoms with E-state index in [1.165, 1.54) is 7.11 Å². The van der Waals surface area contributed by atoms with Gasteiger partial charge in [0.05, 0.1) is 42.3 Å². The predicted octanol–water partition coefficient (Wildman–Crippen LogP) is 1.56. The molecular formula is C23H30N4O5. The number of hydrogen-bond acceptors (Lipinski definition) is 7. The quantitative estimate of drug-likeness (QED) is 0.717. The average Bonchev–Trinajstić information content (AvgIpc) is 2.77. The van der Waals surface area contributed by atoms with Crippen LogP contribution in [0.2, 0.25) is 0 Å². The summed E-state index contributed by atoms with van der Waals surface area (Å²) in [5.41, 5.74) is 0.587. The summed E-state index contributed by atoms with van der Waals surface area (Å²) in [7, 11) is 1.32. The summed E-state index contributed by atoms with van der Waals surface area (Å²) >= 11 is 0. The van der Waals surface area contributed by atoms with Gasteiger partial charge in [0.2, 0.25) is 5.91 Å². The highest BCUT2D eigenvalue weighted by molar-refractivity contribution is 5.93. The summed E-state index contributed by atoms with van der Waals surface area (Å²) < 4.78 is 10.5. The third kappa shape index (κ3) is 4.83. The number of amides is 1. The summed E-state index contributed by atoms with van der Waals surface area (Å²) in [6.45, 7) is 7.32. The van der Waals surface area contributed by atoms with Gasteiger partial charge in [-0.1, -0.05) is 0 Å². The van der Waals surface area contributed by atoms with E-state index in [-0.39, 0.29) is 29.6 Å². The van der Waals surface area contributed by atoms with Crippen LogP contribution in [-0.2, 0) is 20.8 Å². The van der Waals surface area contributed by atoms with Crippen LogP contribution >= 0.6 is 0 Å². The number of carbonyl (C=O) groups is 2. The fourth-order valence-electron chi connectivity index (χ4n) is 4.67. The maximum Gasteiger partial charge on any atom is 0.337 e. The van der Waals surface area contributed by atoms with Crippen molar-refractivity contribution >= 4 is 22.8 Å². The van der Waals surface area contributed by atoms with Gasteiger partial charge in [0.15, 0.2) is 0 Å². The minimum Gasteiger partial charge on any atom is -0.465 e. The Balaban J connectivity index is 1.40. The fraction of sp³-hybridized carbons (Fsp3) is 0.565. The van der Waals surface area contributed by atoms with Crippen LogP contribution in [0.4, 0.5) is 0 Å². The second-order valence-corrected chi connectivity index (χ2v) is 8.79. The van der Waals surface area contributed by atoms with E-state index in [1.807, 2.05) is 18.7 Å². The number of fused-ring (bicyclic) bond motifs is 1. The molecule has 32 heavy (non-hydrogen) atoms. The van der Waals surface area contributed by atoms with Gasteiger partial charge < -0.3 is 19.4 Å². The van der Waals surface area contributed by atoms with Crippen molar-refractivity contribution in [3.63, 3.8) is 0 Å². The fourth-order valence-corrected chi connectivity index (χ4v) is 4.67. The Morgan fingerprint density at radius 3 is 2.53 bits per heavy atom. The number of H-pyrrole nitrogens is 1. The van der Waals surface area contributed by atoms with Gasteiger partial charge in [-0.3, -0.25) is 14.5 Å². The van der Waals surface area contributed by atoms with Crippen LogP contribution in [-0.4, -0.2) is 77.1 Å². The van der Waals surface area contributed by atoms with E-state index in [2.05, 4.69) is 14.9 Å². The molecule has 0 radical (unpaired) electrons. The number of likely N-dealkylation sites (tertiary alicyclic amines) is 1. The molecule has 2 atom stereocenters. The number of hydrogen-bond donors (Lipinski definition) is 1. The van der Waals surface area contributed by atoms with E-state index in [9.17, 15) is 14.4 Å². The van der Waals surface area contributed by atoms with E-state index in [4.69, 9.17) is 9.47 Å². The van der Waals surface area contributed by atoms with Crippen molar-refractivity contribution in [3.8, 4) is 0 Å². The number of carbonyl (C=O) groups excluding carboxylic acids is 2. The summed E-state index contributed by atoms with van der Waals surface area (Å²) in [4.78, 5) is 48.8. The molecule has 172 valence electrons. The number of rotatable bonds is 4. The Morgan fingerprint density at radius 1 is 1.19 bits per heavy atom. The normalized spacial score (nSPS) is 22.8. The molecule has 2 aromatic rings. The Labute approximate surface area is 186 Å². The van der Waals surface area contributed by atoms with Crippen LogP contribution in [0, 0.1) is 5.92 Å². The molecule has 2 fully saturated rings. The van der Waals surface area contributed by atoms with Gasteiger partial charge in [-0.25, -0.2) is 9.78 Å². The van der Waals surface area contributed by atoms with Crippen molar-refractivity contribution < 1.29 is 19.1 Å². The largest absolute Gasteiger partial charge is 0.465 e. The van der Waals surface area contributed by atoms with Crippen molar-refractivity contribution in [3.05, 3.63) is 39.9 Å². The van der Waals surface area contributed by atoms with Gasteiger partial charge >= 0.3 is 5.97 Å². The molecule has 3 heterocycles. The highest BCUT2D eigenvalue weighted by Crippen LogP contribution is 2.23. The first-order valence-electron chi connectivity index (χ1n) is 11.1. The number of aromatic amines is 1. The van der Waals surface area contributed by atoms with E-state index in [0.29, 0.717) is 41.9 Å². The monoisotopic (exact) mass is 442 g/mol. The number of nitrogens with zero attached hydrogens (tertiary/aromatic N) is 3. The van der Waals surface area contributed by atoms with Gasteiger partial charge in [0.25, 0.3) is 5.56 Å². The molecule has 2 saturated heterocycles. The average molecular weight is 443 g/mol. The van der Waals surface area contributed by atoms with Crippen LogP contribution in [0.15, 0.2) is 23.0 Å². The van der Waals surface area contributed by atoms with Crippen molar-refractivity contribution in [1.29, 1.82) is 0 Å². The van der Waals surface area contributed by atoms with Crippen LogP contribution in [0.3, 0.4) is 0 Å². The zero-order chi connectivity index (χ0) is 22.8. The Morgan fingerprint density at radius 2 is 1.88 bits per heavy atom. The number of esters is 1. The number of nitrogens with one attached hydrogen (secondary N) is 1. The molecule has 0 aliphatic carbocycles. The maximum atomic E-state index is 13.0. The first kappa shape index (κ1) is 22.4. The van der Waals surface area contributed by atoms with Gasteiger partial charge in [-0.15, -0.1) is 0 Å². The molecule has 9 nitrogen and oxygen atoms in total. The lowest BCUT2D eigenvalue weighted by molar-refractivity contribution is -0.148. The zero-order valence-corrected chi connectivity index (χ0v) is 18.8. The molecule has 2 aliphatic heterocycles. The van der Waals surface area contributed by atoms with E-state index in [0.717, 1.165) is 25.9 Å². The third-order valence-corrected chi connectivity index (χ3v) is 6.22. The second-order valence-electron chi connectivity index (χ2n) is 8.79. The van der Waals surface area contributed by atoms with E-state index < -0.39 is 5.97 Å². The molecule has 9 heteroatoms. The second kappa shape index (κ2) is 9.38. The molecule has 2 aliphatic rings. The van der Waals surface area contributed by atoms with E-state index >= 15 is 0 Å². The smallest absolute Gasteiger partial charge is 0.337 e. The molecule has 1 N–H and O–H groups in total. The maximum absolute atomic E-state index is 13.0. The molecule has 1 aromatic heterocycles. The van der Waals surface area contributed by atoms with Gasteiger partial charge in [0.1, 0.15) is 5.82 Å². The molecule has 1 amide bonds. The third-order valence-electron chi connectivity index (χ3n) is 6.22. The van der Waals surface area contributed by atoms with Crippen molar-refractivity contribution in [2.75, 3.05) is 33.3 Å². The first-order chi connectivity index (χ1) is 15.3. The molecule has 0 spiro atoms. The number of methoxy groups -OCH3 is 1. The van der Waals surface area contributed by atoms with Crippen molar-refractivity contribution in [2.24, 2.45) is 5.92 Å². The molecule has 0 saturated carbocycles. The SMILES string of the molecule is COC(=O)c1ccc2c(=O)[nH]c(CN3CCC(C(=O)N4CC(C)OC(C)C4)CC3)nc2c1. The molecular weight excluding hydrogens is 412 g/mol. The molecule has 0 bridgehead atoms. The minimum atomic E-state index is -0.466. The van der Waals surface area contributed by atoms with Crippen molar-refractivity contribution in [1.82, 2.24) is 19.8 Å². The number of morpholine rings is 1. The molecule has 1 aromatic carbocycles. The zero-order valence-electron chi connectivity index (χ0n) is 18.8. The number of ether oxygens (including phenoxy) is 2. The number of aromatic nitrogens is 2. The summed E-state index contributed by atoms with van der Waals surface area (Å²) in [6, 6.07) is 4.72. The van der Waals surface area contributed by atoms with Crippen molar-refractivity contribution in [2.45, 2.75) is 45.4 Å². The summed E-state index contributed by atoms with van der Waals surface area (Å²) in [6.07, 6.45) is 1.70. The molecule has 4 rings (SSSR count). The van der Waals surface area contributed by atoms with Gasteiger partial charge in [0, 0.05) is 19.0 Å². The first-order valence-corrected chi connectivity index (χ1v) is 11.1. The Bertz CT molecular complexity index is 1050. The summed E-state index contributed by atoms with van der Waals surface area (Å²) in [5.74, 6) is 0.325. The lowest BCUT2D eigenvalue weighted by Crippen LogP contribution is -2.51. The molecule has 2 unspecified atom stereocenters. The summed E-state index contributed by atoms with van der Waals surface area (Å²) in [5, 5.41) is 0.430. The van der Waals surface area contributed by atoms with Crippen LogP contribution in [0.5, 0.6) is 0 Å². The van der Waals surface area contributed by atoms with E-state index in [1.54, 1.807) is 18.2 Å². The highest BCUT2D eigenvalue weighted by Gasteiger charge is 2.32. The Hall–Kier alpha value is -2.78. The highest BCUT2D eigenvalue weighted by atomic mass is 16.5. The topological polar surface area (TPSA) is 105 Å². The Kier molecular flexibility index (Phi) is 6.57. The standard InChI is InChI=1S/C23H30N4O5/c1-14-11-27(12-15(2)32-14)22(29)16-6-8-26(9-7-16)13-20-24-19-10-17(23(30)31-3)4-5-18(19)21(28)25-20/h4-5,10,14-16H,6-9,11-13H2,1-3H3,(H,24,25,28). The lowest BCUT2D eigenvalue weighted by atomic mass is 9.94. The number of benzene rings is 1. The predicted molar refractivity (Wildman–Crippen MR) is 118 cm³/mol. The minimum absolute atomic E-state index is 0.0231. The van der Waals surface area contributed by atoms with Crippen LogP contribution in [0.1, 0.15) is 42.9 Å².